The van der Waals surface area contributed by atoms with Gasteiger partial charge in [-0.15, -0.1) is 0 Å². The van der Waals surface area contributed by atoms with Gasteiger partial charge in [-0.3, -0.25) is 4.79 Å². The van der Waals surface area contributed by atoms with Crippen molar-refractivity contribution in [3.63, 3.8) is 0 Å². The number of hydrogen-bond donors (Lipinski definition) is 1. The maximum absolute atomic E-state index is 12.5. The van der Waals surface area contributed by atoms with Gasteiger partial charge in [0.15, 0.2) is 6.10 Å². The molecule has 0 aliphatic rings. The highest BCUT2D eigenvalue weighted by Crippen LogP contribution is 2.22. The Morgan fingerprint density at radius 1 is 1.08 bits per heavy atom. The maximum atomic E-state index is 12.5. The van der Waals surface area contributed by atoms with Crippen LogP contribution in [0.5, 0.6) is 11.5 Å². The van der Waals surface area contributed by atoms with Crippen LogP contribution in [-0.2, 0) is 9.53 Å². The van der Waals surface area contributed by atoms with Crippen molar-refractivity contribution >= 4 is 11.9 Å². The molecule has 0 saturated carbocycles. The summed E-state index contributed by atoms with van der Waals surface area (Å²) >= 11 is 0. The minimum atomic E-state index is -0.882. The average Bonchev–Trinajstić information content (AvgIpc) is 2.57. The highest BCUT2D eigenvalue weighted by Gasteiger charge is 2.27. The topological polar surface area (TPSA) is 97.7 Å². The summed E-state index contributed by atoms with van der Waals surface area (Å²) < 4.78 is 15.2. The zero-order chi connectivity index (χ0) is 18.3. The van der Waals surface area contributed by atoms with Crippen LogP contribution in [0, 0.1) is 17.2 Å². The van der Waals surface area contributed by atoms with Gasteiger partial charge in [0.2, 0.25) is 0 Å². The van der Waals surface area contributed by atoms with Crippen molar-refractivity contribution in [2.75, 3.05) is 14.2 Å². The van der Waals surface area contributed by atoms with E-state index in [4.69, 9.17) is 19.5 Å². The lowest BCUT2D eigenvalue weighted by atomic mass is 10.0. The molecule has 2 atom stereocenters. The summed E-state index contributed by atoms with van der Waals surface area (Å²) in [7, 11) is 2.96. The van der Waals surface area contributed by atoms with Crippen LogP contribution >= 0.6 is 0 Å². The number of ether oxygens (including phenoxy) is 3. The molecule has 0 spiro atoms. The first-order valence-electron chi connectivity index (χ1n) is 7.46. The smallest absolute Gasteiger partial charge is 0.330 e. The fourth-order valence-electron chi connectivity index (χ4n) is 1.93. The van der Waals surface area contributed by atoms with E-state index in [0.717, 1.165) is 0 Å². The van der Waals surface area contributed by atoms with E-state index in [1.165, 1.54) is 21.1 Å². The zero-order valence-electron chi connectivity index (χ0n) is 14.5. The Hall–Kier alpha value is -2.75. The lowest BCUT2D eigenvalue weighted by molar-refractivity contribution is -0.149. The third-order valence-corrected chi connectivity index (χ3v) is 3.30. The molecule has 0 saturated heterocycles. The molecule has 0 aromatic heterocycles. The van der Waals surface area contributed by atoms with E-state index in [0.29, 0.717) is 11.5 Å². The van der Waals surface area contributed by atoms with Gasteiger partial charge in [-0.1, -0.05) is 13.8 Å². The lowest BCUT2D eigenvalue weighted by Gasteiger charge is -2.21. The van der Waals surface area contributed by atoms with Crippen molar-refractivity contribution in [3.8, 4) is 17.6 Å². The fraction of sp³-hybridized carbons (Fsp3) is 0.471. The Balaban J connectivity index is 2.97. The van der Waals surface area contributed by atoms with Crippen LogP contribution in [0.1, 0.15) is 31.1 Å². The number of nitrogens with one attached hydrogen (secondary N) is 1. The minimum Gasteiger partial charge on any atom is -0.497 e. The normalized spacial score (nSPS) is 12.7. The largest absolute Gasteiger partial charge is 0.497 e. The average molecular weight is 334 g/mol. The summed E-state index contributed by atoms with van der Waals surface area (Å²) in [6.07, 6.45) is -0.882. The molecule has 0 radical (unpaired) electrons. The molecule has 0 aliphatic carbocycles. The monoisotopic (exact) mass is 334 g/mol. The van der Waals surface area contributed by atoms with Gasteiger partial charge in [0, 0.05) is 11.6 Å². The van der Waals surface area contributed by atoms with E-state index >= 15 is 0 Å². The fourth-order valence-corrected chi connectivity index (χ4v) is 1.93. The Morgan fingerprint density at radius 2 is 1.62 bits per heavy atom. The van der Waals surface area contributed by atoms with Crippen LogP contribution in [0.3, 0.4) is 0 Å². The van der Waals surface area contributed by atoms with Crippen molar-refractivity contribution in [2.45, 2.75) is 32.9 Å². The van der Waals surface area contributed by atoms with E-state index in [9.17, 15) is 9.59 Å². The Morgan fingerprint density at radius 3 is 2.04 bits per heavy atom. The molecule has 0 heterocycles. The summed E-state index contributed by atoms with van der Waals surface area (Å²) in [5, 5.41) is 11.4. The summed E-state index contributed by atoms with van der Waals surface area (Å²) in [5.74, 6) is -0.405. The second-order valence-electron chi connectivity index (χ2n) is 5.50. The van der Waals surface area contributed by atoms with E-state index < -0.39 is 24.0 Å². The lowest BCUT2D eigenvalue weighted by Crippen LogP contribution is -2.46. The first kappa shape index (κ1) is 19.3. The summed E-state index contributed by atoms with van der Waals surface area (Å²) in [4.78, 5) is 24.6. The second-order valence-corrected chi connectivity index (χ2v) is 5.50. The number of hydrogen-bond acceptors (Lipinski definition) is 6. The van der Waals surface area contributed by atoms with Crippen LogP contribution in [0.2, 0.25) is 0 Å². The van der Waals surface area contributed by atoms with Crippen molar-refractivity contribution < 1.29 is 23.8 Å². The van der Waals surface area contributed by atoms with Crippen LogP contribution in [0.4, 0.5) is 0 Å². The van der Waals surface area contributed by atoms with Crippen molar-refractivity contribution in [2.24, 2.45) is 5.92 Å². The highest BCUT2D eigenvalue weighted by atomic mass is 16.5. The van der Waals surface area contributed by atoms with E-state index in [2.05, 4.69) is 5.32 Å². The summed E-state index contributed by atoms with van der Waals surface area (Å²) in [5.41, 5.74) is 0.290. The number of nitrogens with zero attached hydrogens (tertiary/aromatic N) is 1. The molecule has 2 unspecified atom stereocenters. The molecule has 1 N–H and O–H groups in total. The molecule has 130 valence electrons. The van der Waals surface area contributed by atoms with Gasteiger partial charge in [0.25, 0.3) is 5.91 Å². The predicted molar refractivity (Wildman–Crippen MR) is 86.8 cm³/mol. The Bertz CT molecular complexity index is 614. The molecule has 7 nitrogen and oxygen atoms in total. The van der Waals surface area contributed by atoms with E-state index in [1.807, 2.05) is 6.07 Å². The van der Waals surface area contributed by atoms with Crippen LogP contribution in [0.25, 0.3) is 0 Å². The van der Waals surface area contributed by atoms with Gasteiger partial charge >= 0.3 is 5.97 Å². The molecule has 0 aliphatic heterocycles. The maximum Gasteiger partial charge on any atom is 0.330 e. The molecular formula is C17H22N2O5. The molecule has 1 aromatic rings. The number of carbonyl (C=O) groups excluding carboxylic acids is 2. The third-order valence-electron chi connectivity index (χ3n) is 3.30. The van der Waals surface area contributed by atoms with Crippen molar-refractivity contribution in [1.29, 1.82) is 5.26 Å². The third kappa shape index (κ3) is 5.16. The Labute approximate surface area is 141 Å². The second kappa shape index (κ2) is 8.77. The molecule has 0 bridgehead atoms. The van der Waals surface area contributed by atoms with Crippen LogP contribution in [0.15, 0.2) is 18.2 Å². The number of nitriles is 1. The first-order chi connectivity index (χ1) is 11.3. The highest BCUT2D eigenvalue weighted by molar-refractivity contribution is 5.97. The van der Waals surface area contributed by atoms with Gasteiger partial charge in [0.1, 0.15) is 23.6 Å². The quantitative estimate of drug-likeness (QED) is 0.765. The summed E-state index contributed by atoms with van der Waals surface area (Å²) in [6, 6.07) is 5.66. The first-order valence-corrected chi connectivity index (χ1v) is 7.46. The van der Waals surface area contributed by atoms with Crippen LogP contribution < -0.4 is 14.8 Å². The predicted octanol–water partition coefficient (Wildman–Crippen LogP) is 1.91. The molecule has 7 heteroatoms. The minimum absolute atomic E-state index is 0.208. The molecular weight excluding hydrogens is 312 g/mol. The van der Waals surface area contributed by atoms with Gasteiger partial charge in [0.05, 0.1) is 14.2 Å². The molecule has 1 aromatic carbocycles. The number of carbonyl (C=O) groups is 2. The van der Waals surface area contributed by atoms with Gasteiger partial charge in [-0.05, 0) is 25.0 Å². The number of benzene rings is 1. The molecule has 0 fully saturated rings. The number of amides is 1. The van der Waals surface area contributed by atoms with E-state index in [-0.39, 0.29) is 11.5 Å². The molecule has 1 rings (SSSR count). The number of esters is 1. The van der Waals surface area contributed by atoms with Gasteiger partial charge < -0.3 is 19.5 Å². The number of rotatable bonds is 7. The van der Waals surface area contributed by atoms with Gasteiger partial charge in [-0.2, -0.15) is 5.26 Å². The zero-order valence-corrected chi connectivity index (χ0v) is 14.5. The van der Waals surface area contributed by atoms with Crippen LogP contribution in [-0.4, -0.2) is 38.2 Å². The SMILES string of the molecule is COc1cc(OC)cc(C(=O)NC(C(=O)OC(C)C#N)C(C)C)c1. The van der Waals surface area contributed by atoms with Gasteiger partial charge in [-0.25, -0.2) is 4.79 Å². The molecule has 1 amide bonds. The standard InChI is InChI=1S/C17H22N2O5/c1-10(2)15(17(21)24-11(3)9-18)19-16(20)12-6-13(22-4)8-14(7-12)23-5/h6-8,10-11,15H,1-5H3,(H,19,20). The van der Waals surface area contributed by atoms with Crippen molar-refractivity contribution in [1.82, 2.24) is 5.32 Å². The Kier molecular flexibility index (Phi) is 7.05. The van der Waals surface area contributed by atoms with E-state index in [1.54, 1.807) is 32.0 Å². The summed E-state index contributed by atoms with van der Waals surface area (Å²) in [6.45, 7) is 5.01. The molecule has 24 heavy (non-hydrogen) atoms. The van der Waals surface area contributed by atoms with Crippen molar-refractivity contribution in [3.05, 3.63) is 23.8 Å². The number of methoxy groups -OCH3 is 2.